The Balaban J connectivity index is 1.61. The molecule has 0 unspecified atom stereocenters. The molecule has 1 saturated heterocycles. The van der Waals surface area contributed by atoms with E-state index >= 15 is 0 Å². The highest BCUT2D eigenvalue weighted by molar-refractivity contribution is 6.31. The lowest BCUT2D eigenvalue weighted by atomic mass is 10.0. The fourth-order valence-electron chi connectivity index (χ4n) is 2.75. The van der Waals surface area contributed by atoms with Crippen LogP contribution in [0, 0.1) is 0 Å². The molecule has 3 rings (SSSR count). The van der Waals surface area contributed by atoms with E-state index in [4.69, 9.17) is 16.3 Å². The minimum absolute atomic E-state index is 0.00933. The van der Waals surface area contributed by atoms with Crippen molar-refractivity contribution in [2.24, 2.45) is 0 Å². The van der Waals surface area contributed by atoms with E-state index in [1.165, 1.54) is 6.33 Å². The van der Waals surface area contributed by atoms with Gasteiger partial charge in [-0.3, -0.25) is 14.9 Å². The van der Waals surface area contributed by atoms with E-state index in [0.29, 0.717) is 18.2 Å². The van der Waals surface area contributed by atoms with E-state index in [0.717, 1.165) is 17.8 Å². The Kier molecular flexibility index (Phi) is 4.88. The van der Waals surface area contributed by atoms with Gasteiger partial charge in [-0.1, -0.05) is 11.6 Å². The molecule has 23 heavy (non-hydrogen) atoms. The van der Waals surface area contributed by atoms with Crippen molar-refractivity contribution in [3.8, 4) is 0 Å². The number of ether oxygens (including phenoxy) is 1. The molecule has 2 aromatic rings. The van der Waals surface area contributed by atoms with E-state index in [-0.39, 0.29) is 24.3 Å². The second-order valence-electron chi connectivity index (χ2n) is 5.59. The van der Waals surface area contributed by atoms with Gasteiger partial charge in [0.25, 0.3) is 0 Å². The normalized spacial score (nSPS) is 20.6. The van der Waals surface area contributed by atoms with Crippen LogP contribution in [0.3, 0.4) is 0 Å². The molecule has 0 bridgehead atoms. The molecule has 122 valence electrons. The number of halogens is 1. The number of rotatable bonds is 5. The van der Waals surface area contributed by atoms with Crippen LogP contribution in [-0.2, 0) is 16.0 Å². The zero-order valence-electron chi connectivity index (χ0n) is 12.8. The van der Waals surface area contributed by atoms with Crippen molar-refractivity contribution in [2.75, 3.05) is 20.2 Å². The van der Waals surface area contributed by atoms with Gasteiger partial charge in [-0.05, 0) is 18.1 Å². The summed E-state index contributed by atoms with van der Waals surface area (Å²) in [5.74, 6) is 0.938. The summed E-state index contributed by atoms with van der Waals surface area (Å²) in [5.41, 5.74) is 0.776. The average molecular weight is 336 g/mol. The maximum Gasteiger partial charge on any atom is 0.226 e. The van der Waals surface area contributed by atoms with Gasteiger partial charge < -0.3 is 9.64 Å². The van der Waals surface area contributed by atoms with Crippen LogP contribution in [0.15, 0.2) is 24.8 Å². The summed E-state index contributed by atoms with van der Waals surface area (Å²) in [7, 11) is 1.77. The Morgan fingerprint density at radius 1 is 1.57 bits per heavy atom. The van der Waals surface area contributed by atoms with Gasteiger partial charge in [-0.25, -0.2) is 4.98 Å². The number of aromatic nitrogens is 4. The summed E-state index contributed by atoms with van der Waals surface area (Å²) < 4.78 is 5.77. The van der Waals surface area contributed by atoms with Gasteiger partial charge in [0, 0.05) is 38.5 Å². The zero-order chi connectivity index (χ0) is 16.2. The lowest BCUT2D eigenvalue weighted by molar-refractivity contribution is -0.130. The molecule has 0 aliphatic carbocycles. The molecule has 0 spiro atoms. The van der Waals surface area contributed by atoms with Crippen LogP contribution in [-0.4, -0.2) is 57.3 Å². The van der Waals surface area contributed by atoms with Gasteiger partial charge in [0.05, 0.1) is 17.5 Å². The van der Waals surface area contributed by atoms with E-state index in [1.807, 2.05) is 0 Å². The summed E-state index contributed by atoms with van der Waals surface area (Å²) in [6.07, 6.45) is 5.71. The first kappa shape index (κ1) is 15.9. The molecule has 7 nitrogen and oxygen atoms in total. The fourth-order valence-corrected chi connectivity index (χ4v) is 2.94. The van der Waals surface area contributed by atoms with Crippen molar-refractivity contribution in [2.45, 2.75) is 24.9 Å². The molecule has 1 fully saturated rings. The van der Waals surface area contributed by atoms with Crippen LogP contribution in [0.1, 0.15) is 23.7 Å². The number of nitrogens with one attached hydrogen (secondary N) is 1. The minimum atomic E-state index is -0.0789. The molecule has 3 heterocycles. The van der Waals surface area contributed by atoms with Crippen molar-refractivity contribution in [1.82, 2.24) is 25.1 Å². The predicted molar refractivity (Wildman–Crippen MR) is 84.1 cm³/mol. The number of amides is 1. The second-order valence-corrected chi connectivity index (χ2v) is 6.00. The van der Waals surface area contributed by atoms with Crippen LogP contribution in [0.4, 0.5) is 0 Å². The minimum Gasteiger partial charge on any atom is -0.376 e. The third kappa shape index (κ3) is 3.68. The van der Waals surface area contributed by atoms with E-state index in [2.05, 4.69) is 20.2 Å². The Bertz CT molecular complexity index is 664. The van der Waals surface area contributed by atoms with Crippen molar-refractivity contribution < 1.29 is 9.53 Å². The first-order valence-electron chi connectivity index (χ1n) is 7.44. The topological polar surface area (TPSA) is 84.0 Å². The van der Waals surface area contributed by atoms with Gasteiger partial charge in [0.15, 0.2) is 0 Å². The maximum atomic E-state index is 12.4. The number of carbonyl (C=O) groups is 1. The SMILES string of the molecule is CN(C[C@H]1OCC[C@H]1c1ncn[nH]1)C(=O)Cc1ccncc1Cl. The smallest absolute Gasteiger partial charge is 0.226 e. The highest BCUT2D eigenvalue weighted by Crippen LogP contribution is 2.29. The standard InChI is InChI=1S/C15H18ClN5O2/c1-21(14(22)6-10-2-4-17-7-12(10)16)8-13-11(3-5-23-13)15-18-9-19-20-15/h2,4,7,9,11,13H,3,5-6,8H2,1H3,(H,18,19,20)/t11-,13-/m1/s1. The maximum absolute atomic E-state index is 12.4. The zero-order valence-corrected chi connectivity index (χ0v) is 13.5. The van der Waals surface area contributed by atoms with Gasteiger partial charge in [-0.2, -0.15) is 5.10 Å². The number of H-pyrrole nitrogens is 1. The van der Waals surface area contributed by atoms with Gasteiger partial charge in [0.2, 0.25) is 5.91 Å². The van der Waals surface area contributed by atoms with E-state index in [1.54, 1.807) is 30.4 Å². The number of aromatic amines is 1. The second kappa shape index (κ2) is 7.06. The quantitative estimate of drug-likeness (QED) is 0.893. The number of carbonyl (C=O) groups excluding carboxylic acids is 1. The molecule has 1 aliphatic rings. The summed E-state index contributed by atoms with van der Waals surface area (Å²) in [6.45, 7) is 1.17. The molecule has 0 radical (unpaired) electrons. The Morgan fingerprint density at radius 3 is 3.17 bits per heavy atom. The molecule has 8 heteroatoms. The van der Waals surface area contributed by atoms with Crippen LogP contribution in [0.25, 0.3) is 0 Å². The van der Waals surface area contributed by atoms with Crippen molar-refractivity contribution >= 4 is 17.5 Å². The largest absolute Gasteiger partial charge is 0.376 e. The Morgan fingerprint density at radius 2 is 2.43 bits per heavy atom. The lowest BCUT2D eigenvalue weighted by Gasteiger charge is -2.24. The van der Waals surface area contributed by atoms with E-state index < -0.39 is 0 Å². The monoisotopic (exact) mass is 335 g/mol. The van der Waals surface area contributed by atoms with E-state index in [9.17, 15) is 4.79 Å². The summed E-state index contributed by atoms with van der Waals surface area (Å²) in [6, 6.07) is 1.76. The molecule has 1 N–H and O–H groups in total. The lowest BCUT2D eigenvalue weighted by Crippen LogP contribution is -2.37. The number of nitrogens with zero attached hydrogens (tertiary/aromatic N) is 4. The molecule has 1 aliphatic heterocycles. The fraction of sp³-hybridized carbons (Fsp3) is 0.467. The number of likely N-dealkylation sites (N-methyl/N-ethyl adjacent to an activating group) is 1. The number of pyridine rings is 1. The molecule has 0 aromatic carbocycles. The summed E-state index contributed by atoms with van der Waals surface area (Å²) in [5, 5.41) is 7.28. The van der Waals surface area contributed by atoms with Crippen molar-refractivity contribution in [1.29, 1.82) is 0 Å². The van der Waals surface area contributed by atoms with Gasteiger partial charge in [-0.15, -0.1) is 0 Å². The highest BCUT2D eigenvalue weighted by atomic mass is 35.5. The molecule has 2 atom stereocenters. The third-order valence-corrected chi connectivity index (χ3v) is 4.41. The van der Waals surface area contributed by atoms with Gasteiger partial charge >= 0.3 is 0 Å². The van der Waals surface area contributed by atoms with Crippen LogP contribution < -0.4 is 0 Å². The van der Waals surface area contributed by atoms with Gasteiger partial charge in [0.1, 0.15) is 12.2 Å². The first-order valence-corrected chi connectivity index (χ1v) is 7.82. The van der Waals surface area contributed by atoms with Crippen molar-refractivity contribution in [3.63, 3.8) is 0 Å². The van der Waals surface area contributed by atoms with Crippen LogP contribution in [0.5, 0.6) is 0 Å². The molecular formula is C15H18ClN5O2. The molecule has 2 aromatic heterocycles. The predicted octanol–water partition coefficient (Wildman–Crippen LogP) is 1.43. The Hall–Kier alpha value is -1.99. The number of hydrogen-bond acceptors (Lipinski definition) is 5. The van der Waals surface area contributed by atoms with Crippen LogP contribution in [0.2, 0.25) is 5.02 Å². The molecule has 1 amide bonds. The highest BCUT2D eigenvalue weighted by Gasteiger charge is 2.33. The van der Waals surface area contributed by atoms with Crippen molar-refractivity contribution in [3.05, 3.63) is 41.2 Å². The Labute approximate surface area is 139 Å². The average Bonchev–Trinajstić information content (AvgIpc) is 3.20. The first-order chi connectivity index (χ1) is 11.1. The van der Waals surface area contributed by atoms with Crippen LogP contribution >= 0.6 is 11.6 Å². The number of hydrogen-bond donors (Lipinski definition) is 1. The summed E-state index contributed by atoms with van der Waals surface area (Å²) >= 11 is 6.06. The molecule has 0 saturated carbocycles. The third-order valence-electron chi connectivity index (χ3n) is 4.07. The summed E-state index contributed by atoms with van der Waals surface area (Å²) in [4.78, 5) is 22.2. The molecular weight excluding hydrogens is 318 g/mol.